The van der Waals surface area contributed by atoms with Gasteiger partial charge in [-0.1, -0.05) is 18.2 Å². The average Bonchev–Trinajstić information content (AvgIpc) is 2.56. The quantitative estimate of drug-likeness (QED) is 0.617. The number of hydrogen-bond donors (Lipinski definition) is 2. The Hall–Kier alpha value is -3.02. The van der Waals surface area contributed by atoms with Crippen molar-refractivity contribution in [3.05, 3.63) is 71.3 Å². The highest BCUT2D eigenvalue weighted by atomic mass is 19.1. The Balaban J connectivity index is 2.30. The summed E-state index contributed by atoms with van der Waals surface area (Å²) in [6.07, 6.45) is 0. The van der Waals surface area contributed by atoms with Crippen LogP contribution in [0.3, 0.4) is 0 Å². The number of aryl methyl sites for hydroxylation is 1. The molecule has 25 heavy (non-hydrogen) atoms. The minimum absolute atomic E-state index is 0.0976. The summed E-state index contributed by atoms with van der Waals surface area (Å²) in [5, 5.41) is 18.5. The van der Waals surface area contributed by atoms with Gasteiger partial charge >= 0.3 is 0 Å². The standard InChI is InChI=1S/C19H12F4O2/c1-9-3-2-4-12(10-5-13(20)18(24)14(21)6-10)17(9)11-7-15(22)19(25)16(23)8-11/h2-8,24-25H,1H3. The molecule has 0 bridgehead atoms. The van der Waals surface area contributed by atoms with Crippen LogP contribution in [0.15, 0.2) is 42.5 Å². The molecule has 0 fully saturated rings. The fourth-order valence-electron chi connectivity index (χ4n) is 2.72. The maximum Gasteiger partial charge on any atom is 0.187 e. The fourth-order valence-corrected chi connectivity index (χ4v) is 2.72. The van der Waals surface area contributed by atoms with Crippen LogP contribution < -0.4 is 0 Å². The highest BCUT2D eigenvalue weighted by Crippen LogP contribution is 2.38. The topological polar surface area (TPSA) is 40.5 Å². The molecule has 0 saturated carbocycles. The average molecular weight is 348 g/mol. The van der Waals surface area contributed by atoms with Crippen LogP contribution in [-0.4, -0.2) is 10.2 Å². The van der Waals surface area contributed by atoms with Crippen molar-refractivity contribution in [2.45, 2.75) is 6.92 Å². The molecule has 0 aliphatic carbocycles. The second-order valence-electron chi connectivity index (χ2n) is 5.57. The first-order chi connectivity index (χ1) is 11.8. The van der Waals surface area contributed by atoms with E-state index in [0.717, 1.165) is 24.3 Å². The van der Waals surface area contributed by atoms with Crippen LogP contribution in [0.2, 0.25) is 0 Å². The number of phenols is 2. The van der Waals surface area contributed by atoms with Crippen molar-refractivity contribution in [2.75, 3.05) is 0 Å². The van der Waals surface area contributed by atoms with Gasteiger partial charge in [0.1, 0.15) is 0 Å². The number of aromatic hydroxyl groups is 2. The van der Waals surface area contributed by atoms with Gasteiger partial charge in [0.25, 0.3) is 0 Å². The Morgan fingerprint density at radius 3 is 1.60 bits per heavy atom. The third-order valence-electron chi connectivity index (χ3n) is 3.91. The van der Waals surface area contributed by atoms with Gasteiger partial charge in [0, 0.05) is 0 Å². The predicted molar refractivity (Wildman–Crippen MR) is 85.2 cm³/mol. The number of benzene rings is 3. The molecule has 0 unspecified atom stereocenters. The summed E-state index contributed by atoms with van der Waals surface area (Å²) in [6.45, 7) is 1.68. The number of phenolic OH excluding ortho intramolecular Hbond substituents is 2. The molecule has 0 amide bonds. The van der Waals surface area contributed by atoms with Crippen LogP contribution in [0.4, 0.5) is 17.6 Å². The van der Waals surface area contributed by atoms with Crippen LogP contribution >= 0.6 is 0 Å². The van der Waals surface area contributed by atoms with Gasteiger partial charge < -0.3 is 10.2 Å². The van der Waals surface area contributed by atoms with E-state index in [1.807, 2.05) is 0 Å². The van der Waals surface area contributed by atoms with Crippen molar-refractivity contribution in [1.29, 1.82) is 0 Å². The van der Waals surface area contributed by atoms with Crippen molar-refractivity contribution in [3.63, 3.8) is 0 Å². The van der Waals surface area contributed by atoms with Crippen molar-refractivity contribution < 1.29 is 27.8 Å². The van der Waals surface area contributed by atoms with Crippen LogP contribution in [-0.2, 0) is 0 Å². The number of rotatable bonds is 2. The van der Waals surface area contributed by atoms with E-state index in [4.69, 9.17) is 0 Å². The maximum absolute atomic E-state index is 13.7. The monoisotopic (exact) mass is 348 g/mol. The van der Waals surface area contributed by atoms with Gasteiger partial charge in [-0.15, -0.1) is 0 Å². The Morgan fingerprint density at radius 1 is 0.680 bits per heavy atom. The number of hydrogen-bond acceptors (Lipinski definition) is 2. The molecule has 0 aliphatic heterocycles. The molecule has 0 aromatic heterocycles. The lowest BCUT2D eigenvalue weighted by molar-refractivity contribution is 0.396. The third kappa shape index (κ3) is 2.91. The zero-order chi connectivity index (χ0) is 18.3. The van der Waals surface area contributed by atoms with E-state index in [1.165, 1.54) is 6.07 Å². The first kappa shape index (κ1) is 16.8. The highest BCUT2D eigenvalue weighted by Gasteiger charge is 2.18. The van der Waals surface area contributed by atoms with Crippen LogP contribution in [0.1, 0.15) is 5.56 Å². The predicted octanol–water partition coefficient (Wildman–Crippen LogP) is 5.30. The minimum atomic E-state index is -1.15. The molecule has 0 heterocycles. The van der Waals surface area contributed by atoms with E-state index < -0.39 is 34.8 Å². The first-order valence-electron chi connectivity index (χ1n) is 7.26. The smallest absolute Gasteiger partial charge is 0.187 e. The van der Waals surface area contributed by atoms with Gasteiger partial charge in [0.2, 0.25) is 0 Å². The fraction of sp³-hybridized carbons (Fsp3) is 0.0526. The number of halogens is 4. The van der Waals surface area contributed by atoms with Crippen molar-refractivity contribution in [1.82, 2.24) is 0 Å². The van der Waals surface area contributed by atoms with Gasteiger partial charge in [-0.05, 0) is 59.0 Å². The zero-order valence-corrected chi connectivity index (χ0v) is 12.9. The lowest BCUT2D eigenvalue weighted by Crippen LogP contribution is -1.94. The molecule has 3 aromatic rings. The summed E-state index contributed by atoms with van der Waals surface area (Å²) >= 11 is 0. The van der Waals surface area contributed by atoms with E-state index >= 15 is 0 Å². The van der Waals surface area contributed by atoms with Crippen LogP contribution in [0.25, 0.3) is 22.3 Å². The molecule has 0 saturated heterocycles. The molecule has 2 nitrogen and oxygen atoms in total. The SMILES string of the molecule is Cc1cccc(-c2cc(F)c(O)c(F)c2)c1-c1cc(F)c(O)c(F)c1. The zero-order valence-electron chi connectivity index (χ0n) is 12.9. The molecular weight excluding hydrogens is 336 g/mol. The summed E-state index contributed by atoms with van der Waals surface area (Å²) in [5.41, 5.74) is 1.48. The van der Waals surface area contributed by atoms with Gasteiger partial charge in [0.05, 0.1) is 0 Å². The molecule has 128 valence electrons. The van der Waals surface area contributed by atoms with E-state index in [1.54, 1.807) is 19.1 Å². The molecule has 0 spiro atoms. The van der Waals surface area contributed by atoms with E-state index in [9.17, 15) is 27.8 Å². The Morgan fingerprint density at radius 2 is 1.12 bits per heavy atom. The summed E-state index contributed by atoms with van der Waals surface area (Å²) < 4.78 is 54.9. The molecule has 0 radical (unpaired) electrons. The lowest BCUT2D eigenvalue weighted by atomic mass is 9.90. The largest absolute Gasteiger partial charge is 0.503 e. The van der Waals surface area contributed by atoms with Crippen molar-refractivity contribution in [2.24, 2.45) is 0 Å². The van der Waals surface area contributed by atoms with Gasteiger partial charge in [-0.25, -0.2) is 17.6 Å². The molecule has 6 heteroatoms. The van der Waals surface area contributed by atoms with Crippen molar-refractivity contribution >= 4 is 0 Å². The van der Waals surface area contributed by atoms with Crippen molar-refractivity contribution in [3.8, 4) is 33.8 Å². The lowest BCUT2D eigenvalue weighted by Gasteiger charge is -2.15. The van der Waals surface area contributed by atoms with Gasteiger partial charge in [-0.3, -0.25) is 0 Å². The summed E-state index contributed by atoms with van der Waals surface area (Å²) in [6, 6.07) is 8.59. The van der Waals surface area contributed by atoms with E-state index in [0.29, 0.717) is 16.7 Å². The highest BCUT2D eigenvalue weighted by molar-refractivity contribution is 5.86. The third-order valence-corrected chi connectivity index (χ3v) is 3.91. The molecule has 3 aromatic carbocycles. The molecule has 0 aliphatic rings. The molecule has 2 N–H and O–H groups in total. The van der Waals surface area contributed by atoms with E-state index in [2.05, 4.69) is 0 Å². The van der Waals surface area contributed by atoms with E-state index in [-0.39, 0.29) is 11.1 Å². The summed E-state index contributed by atoms with van der Waals surface area (Å²) in [7, 11) is 0. The molecule has 3 rings (SSSR count). The Bertz CT molecular complexity index is 937. The minimum Gasteiger partial charge on any atom is -0.503 e. The van der Waals surface area contributed by atoms with Crippen LogP contribution in [0, 0.1) is 30.2 Å². The maximum atomic E-state index is 13.7. The molecule has 0 atom stereocenters. The Kier molecular flexibility index (Phi) is 4.12. The van der Waals surface area contributed by atoms with Crippen LogP contribution in [0.5, 0.6) is 11.5 Å². The first-order valence-corrected chi connectivity index (χ1v) is 7.26. The normalized spacial score (nSPS) is 10.9. The Labute approximate surface area is 140 Å². The van der Waals surface area contributed by atoms with Gasteiger partial charge in [0.15, 0.2) is 34.8 Å². The summed E-state index contributed by atoms with van der Waals surface area (Å²) in [5.74, 6) is -6.78. The van der Waals surface area contributed by atoms with Gasteiger partial charge in [-0.2, -0.15) is 0 Å². The second-order valence-corrected chi connectivity index (χ2v) is 5.57. The summed E-state index contributed by atoms with van der Waals surface area (Å²) in [4.78, 5) is 0. The molecular formula is C19H12F4O2. The second kappa shape index (κ2) is 6.12.